The Kier molecular flexibility index (Phi) is 8.32. The van der Waals surface area contributed by atoms with Crippen molar-refractivity contribution in [1.29, 1.82) is 0 Å². The Balaban J connectivity index is 2.33. The van der Waals surface area contributed by atoms with Gasteiger partial charge in [0, 0.05) is 0 Å². The SMILES string of the molecule is C[C@H](NC(=O)[C@H](C)NC(=O)COC1C=CCCCCC1)C(=O)O. The number of amides is 2. The smallest absolute Gasteiger partial charge is 0.325 e. The highest BCUT2D eigenvalue weighted by molar-refractivity contribution is 5.90. The number of hydrogen-bond donors (Lipinski definition) is 3. The molecule has 0 spiro atoms. The van der Waals surface area contributed by atoms with Gasteiger partial charge in [-0.2, -0.15) is 0 Å². The van der Waals surface area contributed by atoms with Crippen molar-refractivity contribution >= 4 is 17.8 Å². The van der Waals surface area contributed by atoms with E-state index >= 15 is 0 Å². The van der Waals surface area contributed by atoms with E-state index in [4.69, 9.17) is 9.84 Å². The molecule has 3 atom stereocenters. The molecule has 2 amide bonds. The molecule has 1 aliphatic rings. The van der Waals surface area contributed by atoms with Gasteiger partial charge in [0.15, 0.2) is 0 Å². The van der Waals surface area contributed by atoms with Crippen LogP contribution in [0.3, 0.4) is 0 Å². The molecule has 0 bridgehead atoms. The number of nitrogens with one attached hydrogen (secondary N) is 2. The van der Waals surface area contributed by atoms with E-state index in [9.17, 15) is 14.4 Å². The minimum Gasteiger partial charge on any atom is -0.480 e. The van der Waals surface area contributed by atoms with E-state index in [1.165, 1.54) is 20.3 Å². The van der Waals surface area contributed by atoms with Gasteiger partial charge in [-0.1, -0.05) is 25.0 Å². The van der Waals surface area contributed by atoms with Crippen molar-refractivity contribution in [2.45, 2.75) is 64.1 Å². The molecule has 0 aliphatic heterocycles. The van der Waals surface area contributed by atoms with Crippen molar-refractivity contribution in [3.05, 3.63) is 12.2 Å². The lowest BCUT2D eigenvalue weighted by Crippen LogP contribution is -2.50. The van der Waals surface area contributed by atoms with Gasteiger partial charge in [-0.15, -0.1) is 0 Å². The second kappa shape index (κ2) is 9.99. The van der Waals surface area contributed by atoms with Crippen LogP contribution in [-0.4, -0.2) is 47.7 Å². The highest BCUT2D eigenvalue weighted by atomic mass is 16.5. The number of carbonyl (C=O) groups is 3. The third kappa shape index (κ3) is 7.78. The number of allylic oxidation sites excluding steroid dienone is 1. The molecule has 0 aromatic carbocycles. The lowest BCUT2D eigenvalue weighted by Gasteiger charge is -2.18. The average molecular weight is 326 g/mol. The Bertz CT molecular complexity index is 450. The fraction of sp³-hybridized carbons (Fsp3) is 0.688. The molecular formula is C16H26N2O5. The van der Waals surface area contributed by atoms with Crippen LogP contribution in [0.2, 0.25) is 0 Å². The van der Waals surface area contributed by atoms with Gasteiger partial charge in [-0.25, -0.2) is 0 Å². The molecule has 0 heterocycles. The molecule has 1 aliphatic carbocycles. The molecule has 1 rings (SSSR count). The van der Waals surface area contributed by atoms with Gasteiger partial charge in [0.2, 0.25) is 11.8 Å². The first-order valence-electron chi connectivity index (χ1n) is 8.01. The van der Waals surface area contributed by atoms with Crippen LogP contribution < -0.4 is 10.6 Å². The molecule has 23 heavy (non-hydrogen) atoms. The first-order chi connectivity index (χ1) is 10.9. The van der Waals surface area contributed by atoms with Gasteiger partial charge in [0.25, 0.3) is 0 Å². The number of hydrogen-bond acceptors (Lipinski definition) is 4. The number of rotatable bonds is 7. The summed E-state index contributed by atoms with van der Waals surface area (Å²) in [6.45, 7) is 2.73. The van der Waals surface area contributed by atoms with Crippen molar-refractivity contribution in [3.63, 3.8) is 0 Å². The summed E-state index contributed by atoms with van der Waals surface area (Å²) < 4.78 is 5.56. The van der Waals surface area contributed by atoms with Crippen LogP contribution in [-0.2, 0) is 19.1 Å². The van der Waals surface area contributed by atoms with Crippen molar-refractivity contribution < 1.29 is 24.2 Å². The monoisotopic (exact) mass is 326 g/mol. The van der Waals surface area contributed by atoms with Gasteiger partial charge in [-0.05, 0) is 33.1 Å². The Morgan fingerprint density at radius 3 is 2.61 bits per heavy atom. The number of carbonyl (C=O) groups excluding carboxylic acids is 2. The summed E-state index contributed by atoms with van der Waals surface area (Å²) in [6, 6.07) is -1.82. The van der Waals surface area contributed by atoms with E-state index in [1.54, 1.807) is 0 Å². The minimum atomic E-state index is -1.13. The summed E-state index contributed by atoms with van der Waals surface area (Å²) in [7, 11) is 0. The van der Waals surface area contributed by atoms with E-state index in [0.29, 0.717) is 0 Å². The second-order valence-corrected chi connectivity index (χ2v) is 5.77. The standard InChI is InChI=1S/C16H26N2O5/c1-11(15(20)18-12(2)16(21)22)17-14(19)10-23-13-8-6-4-3-5-7-9-13/h6,8,11-13H,3-5,7,9-10H2,1-2H3,(H,17,19)(H,18,20)(H,21,22)/t11-,12-,13?/m0/s1. The molecule has 1 unspecified atom stereocenters. The Morgan fingerprint density at radius 2 is 1.91 bits per heavy atom. The zero-order chi connectivity index (χ0) is 17.2. The van der Waals surface area contributed by atoms with Gasteiger partial charge >= 0.3 is 5.97 Å². The third-order valence-corrected chi connectivity index (χ3v) is 3.64. The number of ether oxygens (including phenoxy) is 1. The van der Waals surface area contributed by atoms with Crippen LogP contribution in [0.5, 0.6) is 0 Å². The number of aliphatic carboxylic acids is 1. The summed E-state index contributed by atoms with van der Waals surface area (Å²) >= 11 is 0. The summed E-state index contributed by atoms with van der Waals surface area (Å²) in [5.41, 5.74) is 0. The van der Waals surface area contributed by atoms with Crippen molar-refractivity contribution in [2.75, 3.05) is 6.61 Å². The molecule has 7 nitrogen and oxygen atoms in total. The lowest BCUT2D eigenvalue weighted by atomic mass is 10.0. The molecule has 0 aromatic heterocycles. The highest BCUT2D eigenvalue weighted by Crippen LogP contribution is 2.13. The summed E-state index contributed by atoms with van der Waals surface area (Å²) in [6.07, 6.45) is 9.32. The quantitative estimate of drug-likeness (QED) is 0.605. The topological polar surface area (TPSA) is 105 Å². The lowest BCUT2D eigenvalue weighted by molar-refractivity contribution is -0.141. The number of carboxylic acid groups (broad SMARTS) is 1. The van der Waals surface area contributed by atoms with Crippen LogP contribution in [0, 0.1) is 0 Å². The maximum Gasteiger partial charge on any atom is 0.325 e. The zero-order valence-electron chi connectivity index (χ0n) is 13.7. The molecule has 0 aromatic rings. The molecule has 0 saturated heterocycles. The van der Waals surface area contributed by atoms with E-state index in [2.05, 4.69) is 16.7 Å². The van der Waals surface area contributed by atoms with Crippen LogP contribution in [0.25, 0.3) is 0 Å². The van der Waals surface area contributed by atoms with E-state index in [-0.39, 0.29) is 12.7 Å². The fourth-order valence-electron chi connectivity index (χ4n) is 2.20. The summed E-state index contributed by atoms with van der Waals surface area (Å²) in [4.78, 5) is 34.2. The van der Waals surface area contributed by atoms with Gasteiger partial charge in [0.1, 0.15) is 18.7 Å². The van der Waals surface area contributed by atoms with Crippen molar-refractivity contribution in [3.8, 4) is 0 Å². The predicted molar refractivity (Wildman–Crippen MR) is 84.8 cm³/mol. The predicted octanol–water partition coefficient (Wildman–Crippen LogP) is 0.986. The molecular weight excluding hydrogens is 300 g/mol. The van der Waals surface area contributed by atoms with Crippen molar-refractivity contribution in [1.82, 2.24) is 10.6 Å². The van der Waals surface area contributed by atoms with Crippen LogP contribution >= 0.6 is 0 Å². The largest absolute Gasteiger partial charge is 0.480 e. The van der Waals surface area contributed by atoms with E-state index in [0.717, 1.165) is 25.7 Å². The first-order valence-corrected chi connectivity index (χ1v) is 8.01. The van der Waals surface area contributed by atoms with Crippen molar-refractivity contribution in [2.24, 2.45) is 0 Å². The fourth-order valence-corrected chi connectivity index (χ4v) is 2.20. The highest BCUT2D eigenvalue weighted by Gasteiger charge is 2.20. The summed E-state index contributed by atoms with van der Waals surface area (Å²) in [5.74, 6) is -2.07. The van der Waals surface area contributed by atoms with E-state index < -0.39 is 29.9 Å². The van der Waals surface area contributed by atoms with Crippen LogP contribution in [0.1, 0.15) is 46.0 Å². The minimum absolute atomic E-state index is 0.0720. The zero-order valence-corrected chi connectivity index (χ0v) is 13.7. The number of carboxylic acids is 1. The molecule has 3 N–H and O–H groups in total. The van der Waals surface area contributed by atoms with Gasteiger partial charge < -0.3 is 20.5 Å². The molecule has 7 heteroatoms. The average Bonchev–Trinajstić information content (AvgIpc) is 2.45. The first kappa shape index (κ1) is 19.2. The maximum atomic E-state index is 11.8. The van der Waals surface area contributed by atoms with Crippen LogP contribution in [0.15, 0.2) is 12.2 Å². The molecule has 0 radical (unpaired) electrons. The normalized spacial score (nSPS) is 20.7. The third-order valence-electron chi connectivity index (χ3n) is 3.64. The Morgan fingerprint density at radius 1 is 1.17 bits per heavy atom. The molecule has 130 valence electrons. The molecule has 0 saturated carbocycles. The molecule has 0 fully saturated rings. The second-order valence-electron chi connectivity index (χ2n) is 5.77. The van der Waals surface area contributed by atoms with Crippen LogP contribution in [0.4, 0.5) is 0 Å². The van der Waals surface area contributed by atoms with E-state index in [1.807, 2.05) is 6.08 Å². The Hall–Kier alpha value is -1.89. The van der Waals surface area contributed by atoms with Gasteiger partial charge in [0.05, 0.1) is 6.10 Å². The van der Waals surface area contributed by atoms with Gasteiger partial charge in [-0.3, -0.25) is 14.4 Å². The summed E-state index contributed by atoms with van der Waals surface area (Å²) in [5, 5.41) is 13.5. The maximum absolute atomic E-state index is 11.8. The Labute approximate surface area is 136 Å².